The molecule has 2 N–H and O–H groups in total. The Morgan fingerprint density at radius 3 is 2.42 bits per heavy atom. The fourth-order valence-corrected chi connectivity index (χ4v) is 3.77. The minimum Gasteiger partial charge on any atom is -0.367 e. The van der Waals surface area contributed by atoms with Crippen LogP contribution in [0.25, 0.3) is 0 Å². The van der Waals surface area contributed by atoms with Crippen LogP contribution in [0.3, 0.4) is 0 Å². The Hall–Kier alpha value is -1.95. The number of anilines is 1. The maximum atomic E-state index is 12.7. The number of carbonyl (C=O) groups is 2. The van der Waals surface area contributed by atoms with Crippen LogP contribution in [0.2, 0.25) is 5.02 Å². The number of carbonyl (C=O) groups excluding carboxylic acids is 2. The van der Waals surface area contributed by atoms with Crippen LogP contribution in [0.4, 0.5) is 10.5 Å². The van der Waals surface area contributed by atoms with Gasteiger partial charge in [0, 0.05) is 39.3 Å². The SMILES string of the molecule is NC(=O)N1CCCC(C(=O)N2CCN(c3ccccc3Cl)CC2)C1. The van der Waals surface area contributed by atoms with Crippen molar-refractivity contribution in [3.63, 3.8) is 0 Å². The first-order valence-electron chi connectivity index (χ1n) is 8.39. The molecule has 0 aliphatic carbocycles. The topological polar surface area (TPSA) is 69.9 Å². The average molecular weight is 351 g/mol. The number of amides is 3. The van der Waals surface area contributed by atoms with E-state index in [9.17, 15) is 9.59 Å². The number of rotatable bonds is 2. The van der Waals surface area contributed by atoms with E-state index in [1.807, 2.05) is 29.2 Å². The zero-order valence-corrected chi connectivity index (χ0v) is 14.4. The standard InChI is InChI=1S/C17H23ClN4O2/c18-14-5-1-2-6-15(14)20-8-10-21(11-9-20)16(23)13-4-3-7-22(12-13)17(19)24/h1-2,5-6,13H,3-4,7-12H2,(H2,19,24). The molecule has 3 rings (SSSR count). The summed E-state index contributed by atoms with van der Waals surface area (Å²) in [6.07, 6.45) is 1.66. The van der Waals surface area contributed by atoms with Crippen LogP contribution in [0.15, 0.2) is 24.3 Å². The summed E-state index contributed by atoms with van der Waals surface area (Å²) in [7, 11) is 0. The number of para-hydroxylation sites is 1. The van der Waals surface area contributed by atoms with E-state index in [4.69, 9.17) is 17.3 Å². The first-order chi connectivity index (χ1) is 11.6. The van der Waals surface area contributed by atoms with Crippen molar-refractivity contribution < 1.29 is 9.59 Å². The van der Waals surface area contributed by atoms with Gasteiger partial charge in [-0.1, -0.05) is 23.7 Å². The van der Waals surface area contributed by atoms with Gasteiger partial charge < -0.3 is 20.4 Å². The first kappa shape index (κ1) is 16.9. The highest BCUT2D eigenvalue weighted by atomic mass is 35.5. The fourth-order valence-electron chi connectivity index (χ4n) is 3.51. The van der Waals surface area contributed by atoms with E-state index in [1.54, 1.807) is 4.90 Å². The molecule has 0 radical (unpaired) electrons. The van der Waals surface area contributed by atoms with Crippen molar-refractivity contribution in [2.75, 3.05) is 44.2 Å². The third-order valence-corrected chi connectivity index (χ3v) is 5.19. The van der Waals surface area contributed by atoms with Crippen LogP contribution in [0.5, 0.6) is 0 Å². The van der Waals surface area contributed by atoms with Crippen molar-refractivity contribution in [1.82, 2.24) is 9.80 Å². The normalized spacial score (nSPS) is 21.7. The molecule has 2 aliphatic heterocycles. The number of nitrogens with two attached hydrogens (primary N) is 1. The van der Waals surface area contributed by atoms with Gasteiger partial charge in [-0.2, -0.15) is 0 Å². The Morgan fingerprint density at radius 2 is 1.75 bits per heavy atom. The maximum absolute atomic E-state index is 12.7. The summed E-state index contributed by atoms with van der Waals surface area (Å²) in [5.74, 6) is 0.0119. The van der Waals surface area contributed by atoms with E-state index < -0.39 is 6.03 Å². The number of halogens is 1. The Morgan fingerprint density at radius 1 is 1.04 bits per heavy atom. The molecule has 3 amide bonds. The molecular formula is C17H23ClN4O2. The van der Waals surface area contributed by atoms with Crippen molar-refractivity contribution in [3.05, 3.63) is 29.3 Å². The molecule has 0 saturated carbocycles. The molecule has 2 heterocycles. The summed E-state index contributed by atoms with van der Waals surface area (Å²) in [5.41, 5.74) is 6.37. The molecule has 2 fully saturated rings. The Kier molecular flexibility index (Phi) is 5.14. The highest BCUT2D eigenvalue weighted by Crippen LogP contribution is 2.27. The summed E-state index contributed by atoms with van der Waals surface area (Å²) in [5, 5.41) is 0.738. The lowest BCUT2D eigenvalue weighted by Crippen LogP contribution is -2.53. The second-order valence-electron chi connectivity index (χ2n) is 6.39. The smallest absolute Gasteiger partial charge is 0.314 e. The number of hydrogen-bond acceptors (Lipinski definition) is 3. The molecule has 0 spiro atoms. The van der Waals surface area contributed by atoms with Gasteiger partial charge in [-0.25, -0.2) is 4.79 Å². The van der Waals surface area contributed by atoms with Crippen molar-refractivity contribution in [1.29, 1.82) is 0 Å². The number of primary amides is 1. The number of piperidine rings is 1. The van der Waals surface area contributed by atoms with Gasteiger partial charge in [0.05, 0.1) is 16.6 Å². The number of piperazine rings is 1. The highest BCUT2D eigenvalue weighted by Gasteiger charge is 2.32. The third kappa shape index (κ3) is 3.59. The summed E-state index contributed by atoms with van der Waals surface area (Å²) in [6, 6.07) is 7.34. The largest absolute Gasteiger partial charge is 0.367 e. The molecule has 1 unspecified atom stereocenters. The summed E-state index contributed by atoms with van der Waals surface area (Å²) in [4.78, 5) is 29.8. The van der Waals surface area contributed by atoms with Gasteiger partial charge in [0.1, 0.15) is 0 Å². The molecule has 6 nitrogen and oxygen atoms in total. The van der Waals surface area contributed by atoms with Crippen molar-refractivity contribution >= 4 is 29.2 Å². The average Bonchev–Trinajstić information content (AvgIpc) is 2.62. The lowest BCUT2D eigenvalue weighted by atomic mass is 9.96. The minimum atomic E-state index is -0.434. The molecule has 1 aromatic rings. The molecule has 1 aromatic carbocycles. The number of likely N-dealkylation sites (tertiary alicyclic amines) is 1. The molecule has 0 aromatic heterocycles. The Balaban J connectivity index is 1.57. The predicted molar refractivity (Wildman–Crippen MR) is 94.1 cm³/mol. The van der Waals surface area contributed by atoms with Crippen molar-refractivity contribution in [3.8, 4) is 0 Å². The minimum absolute atomic E-state index is 0.127. The summed E-state index contributed by atoms with van der Waals surface area (Å²) < 4.78 is 0. The van der Waals surface area contributed by atoms with Crippen LogP contribution in [-0.4, -0.2) is 61.0 Å². The second-order valence-corrected chi connectivity index (χ2v) is 6.79. The van der Waals surface area contributed by atoms with Crippen molar-refractivity contribution in [2.45, 2.75) is 12.8 Å². The Labute approximate surface area is 147 Å². The zero-order valence-electron chi connectivity index (χ0n) is 13.7. The number of nitrogens with zero attached hydrogens (tertiary/aromatic N) is 3. The molecular weight excluding hydrogens is 328 g/mol. The first-order valence-corrected chi connectivity index (χ1v) is 8.76. The van der Waals surface area contributed by atoms with Crippen LogP contribution in [-0.2, 0) is 4.79 Å². The van der Waals surface area contributed by atoms with Gasteiger partial charge in [0.15, 0.2) is 0 Å². The molecule has 7 heteroatoms. The summed E-state index contributed by atoms with van der Waals surface area (Å²) >= 11 is 6.25. The van der Waals surface area contributed by atoms with Crippen molar-refractivity contribution in [2.24, 2.45) is 11.7 Å². The van der Waals surface area contributed by atoms with E-state index >= 15 is 0 Å². The van der Waals surface area contributed by atoms with Crippen LogP contribution < -0.4 is 10.6 Å². The lowest BCUT2D eigenvalue weighted by molar-refractivity contribution is -0.137. The third-order valence-electron chi connectivity index (χ3n) is 4.87. The predicted octanol–water partition coefficient (Wildman–Crippen LogP) is 1.78. The Bertz CT molecular complexity index is 616. The molecule has 1 atom stereocenters. The quantitative estimate of drug-likeness (QED) is 0.883. The highest BCUT2D eigenvalue weighted by molar-refractivity contribution is 6.33. The van der Waals surface area contributed by atoms with E-state index in [0.29, 0.717) is 26.2 Å². The van der Waals surface area contributed by atoms with Crippen LogP contribution in [0.1, 0.15) is 12.8 Å². The maximum Gasteiger partial charge on any atom is 0.314 e. The molecule has 130 valence electrons. The van der Waals surface area contributed by atoms with Gasteiger partial charge in [0.25, 0.3) is 0 Å². The fraction of sp³-hybridized carbons (Fsp3) is 0.529. The van der Waals surface area contributed by atoms with E-state index in [0.717, 1.165) is 36.6 Å². The number of hydrogen-bond donors (Lipinski definition) is 1. The van der Waals surface area contributed by atoms with Gasteiger partial charge in [-0.3, -0.25) is 4.79 Å². The van der Waals surface area contributed by atoms with Crippen LogP contribution >= 0.6 is 11.6 Å². The molecule has 0 bridgehead atoms. The van der Waals surface area contributed by atoms with E-state index in [1.165, 1.54) is 0 Å². The van der Waals surface area contributed by atoms with Gasteiger partial charge in [-0.15, -0.1) is 0 Å². The number of benzene rings is 1. The van der Waals surface area contributed by atoms with E-state index in [2.05, 4.69) is 4.90 Å². The molecule has 24 heavy (non-hydrogen) atoms. The molecule has 2 aliphatic rings. The monoisotopic (exact) mass is 350 g/mol. The van der Waals surface area contributed by atoms with Crippen LogP contribution in [0, 0.1) is 5.92 Å². The molecule has 2 saturated heterocycles. The number of urea groups is 1. The van der Waals surface area contributed by atoms with Gasteiger partial charge in [0.2, 0.25) is 5.91 Å². The zero-order chi connectivity index (χ0) is 17.1. The van der Waals surface area contributed by atoms with E-state index in [-0.39, 0.29) is 11.8 Å². The van der Waals surface area contributed by atoms with Gasteiger partial charge in [-0.05, 0) is 25.0 Å². The summed E-state index contributed by atoms with van der Waals surface area (Å²) in [6.45, 7) is 3.98. The van der Waals surface area contributed by atoms with Gasteiger partial charge >= 0.3 is 6.03 Å². The lowest BCUT2D eigenvalue weighted by Gasteiger charge is -2.39. The second kappa shape index (κ2) is 7.30.